The van der Waals surface area contributed by atoms with Crippen LogP contribution in [0.4, 0.5) is 19.0 Å². The maximum absolute atomic E-state index is 12.6. The van der Waals surface area contributed by atoms with E-state index in [0.29, 0.717) is 17.5 Å². The molecule has 1 aliphatic heterocycles. The van der Waals surface area contributed by atoms with Gasteiger partial charge in [0.2, 0.25) is 5.91 Å². The molecule has 7 heteroatoms. The van der Waals surface area contributed by atoms with Crippen LogP contribution < -0.4 is 10.6 Å². The number of fused-ring (bicyclic) bond motifs is 1. The van der Waals surface area contributed by atoms with Crippen LogP contribution in [0.2, 0.25) is 0 Å². The van der Waals surface area contributed by atoms with Crippen LogP contribution in [-0.4, -0.2) is 23.0 Å². The fraction of sp³-hybridized carbons (Fsp3) is 0.538. The van der Waals surface area contributed by atoms with Crippen LogP contribution >= 0.6 is 0 Å². The third-order valence-electron chi connectivity index (χ3n) is 3.82. The number of carbonyl (C=O) groups is 1. The topological polar surface area (TPSA) is 54.0 Å². The molecular formula is C13H14F3N3O. The SMILES string of the molecule is Cc1ccc(C(F)(F)F)nc1NC(=O)C1CC2CC2N1. The Morgan fingerprint density at radius 1 is 1.40 bits per heavy atom. The minimum absolute atomic E-state index is 0.0211. The Hall–Kier alpha value is -1.63. The first-order valence-electron chi connectivity index (χ1n) is 6.46. The molecule has 108 valence electrons. The molecule has 2 fully saturated rings. The van der Waals surface area contributed by atoms with Gasteiger partial charge in [-0.3, -0.25) is 4.79 Å². The number of aromatic nitrogens is 1. The molecule has 3 atom stereocenters. The van der Waals surface area contributed by atoms with Gasteiger partial charge in [0.05, 0.1) is 6.04 Å². The molecule has 1 saturated carbocycles. The highest BCUT2D eigenvalue weighted by atomic mass is 19.4. The van der Waals surface area contributed by atoms with Gasteiger partial charge >= 0.3 is 6.18 Å². The number of pyridine rings is 1. The van der Waals surface area contributed by atoms with Crippen LogP contribution in [0.1, 0.15) is 24.1 Å². The number of nitrogens with zero attached hydrogens (tertiary/aromatic N) is 1. The van der Waals surface area contributed by atoms with Crippen molar-refractivity contribution in [2.45, 2.75) is 38.0 Å². The third-order valence-corrected chi connectivity index (χ3v) is 3.82. The Balaban J connectivity index is 1.74. The lowest BCUT2D eigenvalue weighted by molar-refractivity contribution is -0.141. The summed E-state index contributed by atoms with van der Waals surface area (Å²) in [4.78, 5) is 15.5. The van der Waals surface area contributed by atoms with E-state index >= 15 is 0 Å². The Kier molecular flexibility index (Phi) is 2.97. The molecule has 2 heterocycles. The van der Waals surface area contributed by atoms with Crippen LogP contribution in [0.5, 0.6) is 0 Å². The quantitative estimate of drug-likeness (QED) is 0.875. The third kappa shape index (κ3) is 2.49. The summed E-state index contributed by atoms with van der Waals surface area (Å²) in [5.74, 6) is 0.209. The van der Waals surface area contributed by atoms with E-state index in [0.717, 1.165) is 18.9 Å². The van der Waals surface area contributed by atoms with Crippen LogP contribution in [0.3, 0.4) is 0 Å². The Morgan fingerprint density at radius 2 is 2.15 bits per heavy atom. The van der Waals surface area contributed by atoms with Crippen molar-refractivity contribution in [2.24, 2.45) is 5.92 Å². The molecule has 20 heavy (non-hydrogen) atoms. The van der Waals surface area contributed by atoms with E-state index in [1.54, 1.807) is 6.92 Å². The van der Waals surface area contributed by atoms with Crippen molar-refractivity contribution >= 4 is 11.7 Å². The summed E-state index contributed by atoms with van der Waals surface area (Å²) in [7, 11) is 0. The molecule has 0 radical (unpaired) electrons. The van der Waals surface area contributed by atoms with Gasteiger partial charge in [0.15, 0.2) is 0 Å². The van der Waals surface area contributed by atoms with Crippen molar-refractivity contribution in [3.63, 3.8) is 0 Å². The highest BCUT2D eigenvalue weighted by Crippen LogP contribution is 2.40. The Morgan fingerprint density at radius 3 is 2.75 bits per heavy atom. The van der Waals surface area contributed by atoms with Crippen molar-refractivity contribution in [3.05, 3.63) is 23.4 Å². The van der Waals surface area contributed by atoms with Gasteiger partial charge in [-0.2, -0.15) is 13.2 Å². The van der Waals surface area contributed by atoms with E-state index in [2.05, 4.69) is 15.6 Å². The Bertz CT molecular complexity index is 548. The standard InChI is InChI=1S/C13H14F3N3O/c1-6-2-3-10(13(14,15)16)18-11(6)19-12(20)9-5-7-4-8(7)17-9/h2-3,7-9,17H,4-5H2,1H3,(H,18,19,20). The first kappa shape index (κ1) is 13.4. The zero-order chi connectivity index (χ0) is 14.5. The van der Waals surface area contributed by atoms with Crippen molar-refractivity contribution in [3.8, 4) is 0 Å². The molecule has 1 aromatic heterocycles. The van der Waals surface area contributed by atoms with Crippen molar-refractivity contribution in [2.75, 3.05) is 5.32 Å². The van der Waals surface area contributed by atoms with Gasteiger partial charge in [-0.25, -0.2) is 4.98 Å². The molecule has 0 aromatic carbocycles. The molecule has 1 amide bonds. The minimum atomic E-state index is -4.51. The maximum atomic E-state index is 12.6. The fourth-order valence-corrected chi connectivity index (χ4v) is 2.54. The van der Waals surface area contributed by atoms with Gasteiger partial charge in [-0.1, -0.05) is 6.07 Å². The average molecular weight is 285 g/mol. The highest BCUT2D eigenvalue weighted by Gasteiger charge is 2.47. The molecular weight excluding hydrogens is 271 g/mol. The number of alkyl halides is 3. The number of anilines is 1. The number of hydrogen-bond donors (Lipinski definition) is 2. The number of nitrogens with one attached hydrogen (secondary N) is 2. The molecule has 0 spiro atoms. The summed E-state index contributed by atoms with van der Waals surface area (Å²) in [6.07, 6.45) is -2.68. The lowest BCUT2D eigenvalue weighted by Crippen LogP contribution is -2.38. The van der Waals surface area contributed by atoms with Crippen LogP contribution in [-0.2, 0) is 11.0 Å². The number of carbonyl (C=O) groups excluding carboxylic acids is 1. The van der Waals surface area contributed by atoms with Crippen LogP contribution in [0, 0.1) is 12.8 Å². The molecule has 2 aliphatic rings. The lowest BCUT2D eigenvalue weighted by atomic mass is 10.1. The molecule has 2 N–H and O–H groups in total. The second kappa shape index (κ2) is 4.44. The Labute approximate surface area is 113 Å². The van der Waals surface area contributed by atoms with E-state index in [9.17, 15) is 18.0 Å². The minimum Gasteiger partial charge on any atom is -0.309 e. The summed E-state index contributed by atoms with van der Waals surface area (Å²) in [5, 5.41) is 5.64. The molecule has 1 aromatic rings. The van der Waals surface area contributed by atoms with Crippen molar-refractivity contribution in [1.29, 1.82) is 0 Å². The second-order valence-electron chi connectivity index (χ2n) is 5.41. The van der Waals surface area contributed by atoms with E-state index in [-0.39, 0.29) is 17.8 Å². The molecule has 1 saturated heterocycles. The fourth-order valence-electron chi connectivity index (χ4n) is 2.54. The number of amides is 1. The van der Waals surface area contributed by atoms with E-state index in [4.69, 9.17) is 0 Å². The smallest absolute Gasteiger partial charge is 0.309 e. The highest BCUT2D eigenvalue weighted by molar-refractivity contribution is 5.95. The van der Waals surface area contributed by atoms with Crippen molar-refractivity contribution < 1.29 is 18.0 Å². The average Bonchev–Trinajstić information content (AvgIpc) is 2.97. The number of aryl methyl sites for hydroxylation is 1. The zero-order valence-corrected chi connectivity index (χ0v) is 10.8. The summed E-state index contributed by atoms with van der Waals surface area (Å²) in [6.45, 7) is 1.61. The first-order chi connectivity index (χ1) is 9.34. The summed E-state index contributed by atoms with van der Waals surface area (Å²) >= 11 is 0. The van der Waals surface area contributed by atoms with E-state index < -0.39 is 11.9 Å². The zero-order valence-electron chi connectivity index (χ0n) is 10.8. The van der Waals surface area contributed by atoms with Gasteiger partial charge in [-0.15, -0.1) is 0 Å². The molecule has 3 rings (SSSR count). The second-order valence-corrected chi connectivity index (χ2v) is 5.41. The van der Waals surface area contributed by atoms with E-state index in [1.807, 2.05) is 0 Å². The lowest BCUT2D eigenvalue weighted by Gasteiger charge is -2.15. The van der Waals surface area contributed by atoms with Gasteiger partial charge in [-0.05, 0) is 37.3 Å². The normalized spacial score (nSPS) is 28.1. The molecule has 4 nitrogen and oxygen atoms in total. The molecule has 3 unspecified atom stereocenters. The molecule has 0 bridgehead atoms. The summed E-state index contributed by atoms with van der Waals surface area (Å²) < 4.78 is 37.8. The van der Waals surface area contributed by atoms with Gasteiger partial charge in [0.25, 0.3) is 0 Å². The van der Waals surface area contributed by atoms with E-state index in [1.165, 1.54) is 6.07 Å². The summed E-state index contributed by atoms with van der Waals surface area (Å²) in [5.41, 5.74) is -0.491. The number of piperidine rings is 1. The predicted octanol–water partition coefficient (Wildman–Crippen LogP) is 2.10. The van der Waals surface area contributed by atoms with Crippen LogP contribution in [0.15, 0.2) is 12.1 Å². The van der Waals surface area contributed by atoms with Crippen LogP contribution in [0.25, 0.3) is 0 Å². The maximum Gasteiger partial charge on any atom is 0.433 e. The largest absolute Gasteiger partial charge is 0.433 e. The number of rotatable bonds is 2. The summed E-state index contributed by atoms with van der Waals surface area (Å²) in [6, 6.07) is 2.30. The monoisotopic (exact) mass is 285 g/mol. The van der Waals surface area contributed by atoms with Gasteiger partial charge in [0.1, 0.15) is 11.5 Å². The number of hydrogen-bond acceptors (Lipinski definition) is 3. The molecule has 1 aliphatic carbocycles. The van der Waals surface area contributed by atoms with Gasteiger partial charge < -0.3 is 10.6 Å². The predicted molar refractivity (Wildman–Crippen MR) is 66.0 cm³/mol. The van der Waals surface area contributed by atoms with Crippen molar-refractivity contribution in [1.82, 2.24) is 10.3 Å². The van der Waals surface area contributed by atoms with Gasteiger partial charge in [0, 0.05) is 6.04 Å². The first-order valence-corrected chi connectivity index (χ1v) is 6.46. The number of halogens is 3.